The Labute approximate surface area is 158 Å². The summed E-state index contributed by atoms with van der Waals surface area (Å²) >= 11 is 6.11. The highest BCUT2D eigenvalue weighted by molar-refractivity contribution is 6.30. The zero-order valence-corrected chi connectivity index (χ0v) is 15.8. The number of hydrogen-bond acceptors (Lipinski definition) is 4. The van der Waals surface area contributed by atoms with Crippen LogP contribution in [0.2, 0.25) is 5.02 Å². The van der Waals surface area contributed by atoms with Crippen LogP contribution in [0.25, 0.3) is 5.69 Å². The molecule has 1 saturated heterocycles. The maximum Gasteiger partial charge on any atom is 0.254 e. The van der Waals surface area contributed by atoms with E-state index in [1.54, 1.807) is 6.21 Å². The number of hydrogen-bond donors (Lipinski definition) is 1. The third-order valence-corrected chi connectivity index (χ3v) is 4.64. The lowest BCUT2D eigenvalue weighted by Gasteiger charge is -2.25. The number of morpholine rings is 1. The summed E-state index contributed by atoms with van der Waals surface area (Å²) in [7, 11) is 0. The lowest BCUT2D eigenvalue weighted by molar-refractivity contribution is -0.123. The smallest absolute Gasteiger partial charge is 0.254 e. The molecule has 1 amide bonds. The van der Waals surface area contributed by atoms with Crippen LogP contribution in [0.4, 0.5) is 0 Å². The fourth-order valence-corrected chi connectivity index (χ4v) is 3.29. The van der Waals surface area contributed by atoms with Crippen LogP contribution in [0.15, 0.2) is 35.4 Å². The number of nitrogens with zero attached hydrogens (tertiary/aromatic N) is 3. The molecule has 1 aliphatic rings. The van der Waals surface area contributed by atoms with Gasteiger partial charge in [-0.05, 0) is 38.1 Å². The minimum absolute atomic E-state index is 0.119. The van der Waals surface area contributed by atoms with Crippen molar-refractivity contribution in [2.45, 2.75) is 13.8 Å². The molecular formula is C19H23ClN4O2. The van der Waals surface area contributed by atoms with Gasteiger partial charge in [0.1, 0.15) is 0 Å². The van der Waals surface area contributed by atoms with Gasteiger partial charge in [0, 0.05) is 40.8 Å². The Bertz CT molecular complexity index is 810. The number of ether oxygens (including phenoxy) is 1. The van der Waals surface area contributed by atoms with Crippen molar-refractivity contribution in [1.82, 2.24) is 14.9 Å². The van der Waals surface area contributed by atoms with E-state index < -0.39 is 0 Å². The molecule has 0 bridgehead atoms. The summed E-state index contributed by atoms with van der Waals surface area (Å²) in [4.78, 5) is 14.0. The summed E-state index contributed by atoms with van der Waals surface area (Å²) < 4.78 is 7.39. The molecule has 1 aliphatic heterocycles. The number of carbonyl (C=O) groups excluding carboxylic acids is 1. The number of rotatable bonds is 5. The van der Waals surface area contributed by atoms with Crippen LogP contribution in [-0.4, -0.2) is 54.4 Å². The number of hydrazone groups is 1. The van der Waals surface area contributed by atoms with Crippen molar-refractivity contribution in [1.29, 1.82) is 0 Å². The molecule has 1 N–H and O–H groups in total. The topological polar surface area (TPSA) is 58.9 Å². The molecule has 1 fully saturated rings. The summed E-state index contributed by atoms with van der Waals surface area (Å²) in [5, 5.41) is 4.81. The zero-order chi connectivity index (χ0) is 18.5. The Morgan fingerprint density at radius 3 is 2.81 bits per heavy atom. The van der Waals surface area contributed by atoms with Gasteiger partial charge >= 0.3 is 0 Å². The molecule has 7 heteroatoms. The summed E-state index contributed by atoms with van der Waals surface area (Å²) in [5.74, 6) is -0.119. The van der Waals surface area contributed by atoms with E-state index in [1.807, 2.05) is 44.2 Å². The van der Waals surface area contributed by atoms with Crippen molar-refractivity contribution in [3.8, 4) is 5.69 Å². The first-order chi connectivity index (χ1) is 12.5. The lowest BCUT2D eigenvalue weighted by Crippen LogP contribution is -2.42. The van der Waals surface area contributed by atoms with Crippen molar-refractivity contribution in [2.75, 3.05) is 32.8 Å². The standard InChI is InChI=1S/C19H23ClN4O2/c1-14-10-16(15(2)24(14)18-5-3-4-17(20)11-18)12-21-22-19(25)13-23-6-8-26-9-7-23/h3-5,10-12H,6-9,13H2,1-2H3,(H,22,25)/b21-12+. The van der Waals surface area contributed by atoms with Crippen molar-refractivity contribution in [3.63, 3.8) is 0 Å². The molecule has 6 nitrogen and oxygen atoms in total. The highest BCUT2D eigenvalue weighted by Gasteiger charge is 2.14. The van der Waals surface area contributed by atoms with Crippen molar-refractivity contribution in [3.05, 3.63) is 52.3 Å². The van der Waals surface area contributed by atoms with Crippen LogP contribution >= 0.6 is 11.6 Å². The minimum atomic E-state index is -0.119. The number of halogens is 1. The summed E-state index contributed by atoms with van der Waals surface area (Å²) in [5.41, 5.74) is 6.67. The van der Waals surface area contributed by atoms with E-state index in [4.69, 9.17) is 16.3 Å². The molecule has 1 aromatic carbocycles. The fraction of sp³-hybridized carbons (Fsp3) is 0.368. The summed E-state index contributed by atoms with van der Waals surface area (Å²) in [6.07, 6.45) is 1.68. The quantitative estimate of drug-likeness (QED) is 0.646. The fourth-order valence-electron chi connectivity index (χ4n) is 3.10. The van der Waals surface area contributed by atoms with Gasteiger partial charge in [0.15, 0.2) is 0 Å². The van der Waals surface area contributed by atoms with Crippen molar-refractivity contribution < 1.29 is 9.53 Å². The predicted molar refractivity (Wildman–Crippen MR) is 103 cm³/mol. The van der Waals surface area contributed by atoms with Crippen LogP contribution < -0.4 is 5.43 Å². The number of aromatic nitrogens is 1. The molecule has 0 unspecified atom stereocenters. The van der Waals surface area contributed by atoms with Crippen LogP contribution in [0.5, 0.6) is 0 Å². The molecular weight excluding hydrogens is 352 g/mol. The second kappa shape index (κ2) is 8.49. The average Bonchev–Trinajstić information content (AvgIpc) is 2.89. The van der Waals surface area contributed by atoms with Gasteiger partial charge in [0.2, 0.25) is 0 Å². The second-order valence-electron chi connectivity index (χ2n) is 6.32. The zero-order valence-electron chi connectivity index (χ0n) is 15.0. The number of aryl methyl sites for hydroxylation is 1. The van der Waals surface area contributed by atoms with E-state index >= 15 is 0 Å². The van der Waals surface area contributed by atoms with Gasteiger partial charge in [-0.2, -0.15) is 5.10 Å². The number of carbonyl (C=O) groups is 1. The first kappa shape index (κ1) is 18.6. The first-order valence-corrected chi connectivity index (χ1v) is 8.99. The van der Waals surface area contributed by atoms with E-state index in [0.29, 0.717) is 24.8 Å². The van der Waals surface area contributed by atoms with Gasteiger partial charge in [-0.1, -0.05) is 17.7 Å². The molecule has 0 aliphatic carbocycles. The maximum absolute atomic E-state index is 12.0. The van der Waals surface area contributed by atoms with Gasteiger partial charge in [-0.25, -0.2) is 5.43 Å². The number of benzene rings is 1. The highest BCUT2D eigenvalue weighted by Crippen LogP contribution is 2.22. The Hall–Kier alpha value is -2.15. The molecule has 0 radical (unpaired) electrons. The van der Waals surface area contributed by atoms with Gasteiger partial charge in [-0.3, -0.25) is 9.69 Å². The van der Waals surface area contributed by atoms with Gasteiger partial charge < -0.3 is 9.30 Å². The monoisotopic (exact) mass is 374 g/mol. The van der Waals surface area contributed by atoms with E-state index in [0.717, 1.165) is 35.7 Å². The van der Waals surface area contributed by atoms with Crippen molar-refractivity contribution >= 4 is 23.7 Å². The minimum Gasteiger partial charge on any atom is -0.379 e. The molecule has 26 heavy (non-hydrogen) atoms. The van der Waals surface area contributed by atoms with Gasteiger partial charge in [0.25, 0.3) is 5.91 Å². The van der Waals surface area contributed by atoms with E-state index in [9.17, 15) is 4.79 Å². The second-order valence-corrected chi connectivity index (χ2v) is 6.76. The van der Waals surface area contributed by atoms with E-state index in [2.05, 4.69) is 20.0 Å². The first-order valence-electron chi connectivity index (χ1n) is 8.61. The number of amides is 1. The molecule has 0 atom stereocenters. The Morgan fingerprint density at radius 1 is 1.31 bits per heavy atom. The summed E-state index contributed by atoms with van der Waals surface area (Å²) in [6.45, 7) is 7.28. The van der Waals surface area contributed by atoms with Crippen LogP contribution in [0.3, 0.4) is 0 Å². The van der Waals surface area contributed by atoms with E-state index in [-0.39, 0.29) is 5.91 Å². The Kier molecular flexibility index (Phi) is 6.08. The molecule has 138 valence electrons. The molecule has 2 heterocycles. The van der Waals surface area contributed by atoms with Gasteiger partial charge in [0.05, 0.1) is 26.0 Å². The SMILES string of the molecule is Cc1cc(/C=N/NC(=O)CN2CCOCC2)c(C)n1-c1cccc(Cl)c1. The lowest BCUT2D eigenvalue weighted by atomic mass is 10.2. The largest absolute Gasteiger partial charge is 0.379 e. The van der Waals surface area contributed by atoms with Crippen LogP contribution in [0.1, 0.15) is 17.0 Å². The maximum atomic E-state index is 12.0. The average molecular weight is 375 g/mol. The predicted octanol–water partition coefficient (Wildman–Crippen LogP) is 2.53. The van der Waals surface area contributed by atoms with Crippen LogP contribution in [-0.2, 0) is 9.53 Å². The van der Waals surface area contributed by atoms with Crippen molar-refractivity contribution in [2.24, 2.45) is 5.10 Å². The third kappa shape index (κ3) is 4.52. The highest BCUT2D eigenvalue weighted by atomic mass is 35.5. The summed E-state index contributed by atoms with van der Waals surface area (Å²) in [6, 6.07) is 9.75. The normalized spacial score (nSPS) is 15.5. The Balaban J connectivity index is 1.65. The molecule has 1 aromatic heterocycles. The van der Waals surface area contributed by atoms with E-state index in [1.165, 1.54) is 0 Å². The Morgan fingerprint density at radius 2 is 2.08 bits per heavy atom. The van der Waals surface area contributed by atoms with Gasteiger partial charge in [-0.15, -0.1) is 0 Å². The molecule has 0 spiro atoms. The molecule has 0 saturated carbocycles. The molecule has 3 rings (SSSR count). The third-order valence-electron chi connectivity index (χ3n) is 4.40. The molecule has 2 aromatic rings. The van der Waals surface area contributed by atoms with Crippen LogP contribution in [0, 0.1) is 13.8 Å². The number of nitrogens with one attached hydrogen (secondary N) is 1.